The van der Waals surface area contributed by atoms with Crippen molar-refractivity contribution >= 4 is 5.91 Å². The molecule has 2 heterocycles. The molecule has 6 nitrogen and oxygen atoms in total. The molecule has 0 aliphatic carbocycles. The van der Waals surface area contributed by atoms with Crippen LogP contribution in [-0.4, -0.2) is 21.8 Å². The molecule has 0 saturated carbocycles. The molecule has 3 rings (SSSR count). The predicted octanol–water partition coefficient (Wildman–Crippen LogP) is 4.00. The monoisotopic (exact) mass is 367 g/mol. The van der Waals surface area contributed by atoms with Crippen LogP contribution in [0.2, 0.25) is 0 Å². The van der Waals surface area contributed by atoms with E-state index in [1.165, 1.54) is 11.8 Å². The summed E-state index contributed by atoms with van der Waals surface area (Å²) >= 11 is 0. The molecule has 142 valence electrons. The lowest BCUT2D eigenvalue weighted by molar-refractivity contribution is 0.0934. The molecular weight excluding hydrogens is 342 g/mol. The maximum atomic E-state index is 12.2. The fourth-order valence-electron chi connectivity index (χ4n) is 2.71. The van der Waals surface area contributed by atoms with Gasteiger partial charge in [-0.25, -0.2) is 4.98 Å². The largest absolute Gasteiger partial charge is 0.468 e. The number of carbonyl (C=O) groups excluding carboxylic acids is 1. The van der Waals surface area contributed by atoms with Gasteiger partial charge in [0.25, 0.3) is 5.91 Å². The van der Waals surface area contributed by atoms with Gasteiger partial charge < -0.3 is 14.2 Å². The van der Waals surface area contributed by atoms with Crippen LogP contribution in [0.4, 0.5) is 0 Å². The standard InChI is InChI=1S/C21H25N3O3/c1-3-16(2)22-21(25)19-15-27-20(23-19)14-24(13-18-10-7-11-26-18)12-17-8-5-4-6-9-17/h4-11,15-16H,3,12-14H2,1-2H3,(H,22,25). The fraction of sp³-hybridized carbons (Fsp3) is 0.333. The molecule has 0 aliphatic rings. The highest BCUT2D eigenvalue weighted by Gasteiger charge is 2.17. The summed E-state index contributed by atoms with van der Waals surface area (Å²) in [5, 5.41) is 2.90. The summed E-state index contributed by atoms with van der Waals surface area (Å²) in [6, 6.07) is 14.1. The first-order chi connectivity index (χ1) is 13.1. The molecule has 0 spiro atoms. The lowest BCUT2D eigenvalue weighted by atomic mass is 10.2. The van der Waals surface area contributed by atoms with E-state index in [1.807, 2.05) is 44.2 Å². The highest BCUT2D eigenvalue weighted by molar-refractivity contribution is 5.92. The molecule has 1 unspecified atom stereocenters. The lowest BCUT2D eigenvalue weighted by Crippen LogP contribution is -2.32. The van der Waals surface area contributed by atoms with Crippen LogP contribution in [0, 0.1) is 0 Å². The van der Waals surface area contributed by atoms with Gasteiger partial charge in [-0.15, -0.1) is 0 Å². The second kappa shape index (κ2) is 9.19. The minimum atomic E-state index is -0.208. The van der Waals surface area contributed by atoms with E-state index in [9.17, 15) is 4.79 Å². The second-order valence-electron chi connectivity index (χ2n) is 6.62. The van der Waals surface area contributed by atoms with Gasteiger partial charge >= 0.3 is 0 Å². The number of amides is 1. The normalized spacial score (nSPS) is 12.3. The molecule has 6 heteroatoms. The van der Waals surface area contributed by atoms with Gasteiger partial charge in [-0.3, -0.25) is 9.69 Å². The van der Waals surface area contributed by atoms with Gasteiger partial charge in [0.1, 0.15) is 12.0 Å². The molecule has 0 aliphatic heterocycles. The Morgan fingerprint density at radius 3 is 2.63 bits per heavy atom. The van der Waals surface area contributed by atoms with E-state index in [-0.39, 0.29) is 11.9 Å². The summed E-state index contributed by atoms with van der Waals surface area (Å²) in [7, 11) is 0. The molecule has 0 radical (unpaired) electrons. The van der Waals surface area contributed by atoms with E-state index >= 15 is 0 Å². The molecule has 27 heavy (non-hydrogen) atoms. The van der Waals surface area contributed by atoms with E-state index in [1.54, 1.807) is 6.26 Å². The third-order valence-electron chi connectivity index (χ3n) is 4.34. The van der Waals surface area contributed by atoms with E-state index in [0.29, 0.717) is 24.7 Å². The topological polar surface area (TPSA) is 71.5 Å². The summed E-state index contributed by atoms with van der Waals surface area (Å²) in [5.74, 6) is 1.17. The predicted molar refractivity (Wildman–Crippen MR) is 102 cm³/mol. The number of hydrogen-bond acceptors (Lipinski definition) is 5. The van der Waals surface area contributed by atoms with Crippen LogP contribution >= 0.6 is 0 Å². The van der Waals surface area contributed by atoms with Crippen molar-refractivity contribution in [2.75, 3.05) is 0 Å². The third kappa shape index (κ3) is 5.56. The van der Waals surface area contributed by atoms with Crippen molar-refractivity contribution in [3.05, 3.63) is 77.9 Å². The number of hydrogen-bond donors (Lipinski definition) is 1. The second-order valence-corrected chi connectivity index (χ2v) is 6.62. The van der Waals surface area contributed by atoms with Crippen molar-refractivity contribution in [3.8, 4) is 0 Å². The van der Waals surface area contributed by atoms with Crippen molar-refractivity contribution < 1.29 is 13.6 Å². The first kappa shape index (κ1) is 18.9. The molecule has 0 fully saturated rings. The van der Waals surface area contributed by atoms with Crippen LogP contribution in [0.3, 0.4) is 0 Å². The number of nitrogens with one attached hydrogen (secondary N) is 1. The highest BCUT2D eigenvalue weighted by Crippen LogP contribution is 2.14. The van der Waals surface area contributed by atoms with E-state index in [0.717, 1.165) is 18.7 Å². The number of carbonyl (C=O) groups is 1. The van der Waals surface area contributed by atoms with Crippen molar-refractivity contribution in [2.24, 2.45) is 0 Å². The van der Waals surface area contributed by atoms with Crippen LogP contribution in [0.1, 0.15) is 48.0 Å². The third-order valence-corrected chi connectivity index (χ3v) is 4.34. The lowest BCUT2D eigenvalue weighted by Gasteiger charge is -2.19. The number of furan rings is 1. The zero-order chi connectivity index (χ0) is 19.1. The van der Waals surface area contributed by atoms with Crippen LogP contribution in [0.15, 0.2) is 63.8 Å². The van der Waals surface area contributed by atoms with Crippen LogP contribution in [0.5, 0.6) is 0 Å². The smallest absolute Gasteiger partial charge is 0.273 e. The zero-order valence-corrected chi connectivity index (χ0v) is 15.7. The van der Waals surface area contributed by atoms with Crippen molar-refractivity contribution in [3.63, 3.8) is 0 Å². The fourth-order valence-corrected chi connectivity index (χ4v) is 2.71. The molecule has 1 amide bonds. The van der Waals surface area contributed by atoms with Gasteiger partial charge in [-0.2, -0.15) is 0 Å². The highest BCUT2D eigenvalue weighted by atomic mass is 16.3. The number of rotatable bonds is 9. The first-order valence-corrected chi connectivity index (χ1v) is 9.18. The minimum Gasteiger partial charge on any atom is -0.468 e. The van der Waals surface area contributed by atoms with Gasteiger partial charge in [0, 0.05) is 12.6 Å². The summed E-state index contributed by atoms with van der Waals surface area (Å²) in [5.41, 5.74) is 1.49. The molecule has 1 aromatic carbocycles. The number of oxazole rings is 1. The summed E-state index contributed by atoms with van der Waals surface area (Å²) in [6.07, 6.45) is 3.95. The Balaban J connectivity index is 1.69. The van der Waals surface area contributed by atoms with Gasteiger partial charge in [-0.1, -0.05) is 37.3 Å². The zero-order valence-electron chi connectivity index (χ0n) is 15.7. The Labute approximate surface area is 159 Å². The quantitative estimate of drug-likeness (QED) is 0.619. The summed E-state index contributed by atoms with van der Waals surface area (Å²) < 4.78 is 11.0. The maximum Gasteiger partial charge on any atom is 0.273 e. The van der Waals surface area contributed by atoms with Crippen LogP contribution in [-0.2, 0) is 19.6 Å². The number of nitrogens with zero attached hydrogens (tertiary/aromatic N) is 2. The number of benzene rings is 1. The molecule has 1 atom stereocenters. The van der Waals surface area contributed by atoms with Crippen molar-refractivity contribution in [2.45, 2.75) is 45.9 Å². The Hall–Kier alpha value is -2.86. The molecular formula is C21H25N3O3. The minimum absolute atomic E-state index is 0.103. The molecule has 3 aromatic rings. The van der Waals surface area contributed by atoms with Crippen molar-refractivity contribution in [1.82, 2.24) is 15.2 Å². The summed E-state index contributed by atoms with van der Waals surface area (Å²) in [6.45, 7) is 5.81. The molecule has 0 bridgehead atoms. The Bertz CT molecular complexity index is 828. The average Bonchev–Trinajstić information content (AvgIpc) is 3.34. The van der Waals surface area contributed by atoms with Gasteiger partial charge in [0.15, 0.2) is 5.69 Å². The molecule has 1 N–H and O–H groups in total. The summed E-state index contributed by atoms with van der Waals surface area (Å²) in [4.78, 5) is 18.7. The molecule has 2 aromatic heterocycles. The Kier molecular flexibility index (Phi) is 6.44. The first-order valence-electron chi connectivity index (χ1n) is 9.18. The van der Waals surface area contributed by atoms with Gasteiger partial charge in [0.05, 0.1) is 19.4 Å². The maximum absolute atomic E-state index is 12.2. The molecule has 0 saturated heterocycles. The Morgan fingerprint density at radius 2 is 1.93 bits per heavy atom. The van der Waals surface area contributed by atoms with Crippen LogP contribution in [0.25, 0.3) is 0 Å². The van der Waals surface area contributed by atoms with Crippen molar-refractivity contribution in [1.29, 1.82) is 0 Å². The number of aromatic nitrogens is 1. The van der Waals surface area contributed by atoms with E-state index in [2.05, 4.69) is 27.3 Å². The van der Waals surface area contributed by atoms with E-state index < -0.39 is 0 Å². The SMILES string of the molecule is CCC(C)NC(=O)c1coc(CN(Cc2ccccc2)Cc2ccco2)n1. The average molecular weight is 367 g/mol. The van der Waals surface area contributed by atoms with E-state index in [4.69, 9.17) is 8.83 Å². The Morgan fingerprint density at radius 1 is 1.11 bits per heavy atom. The van der Waals surface area contributed by atoms with Crippen LogP contribution < -0.4 is 5.32 Å². The van der Waals surface area contributed by atoms with Gasteiger partial charge in [-0.05, 0) is 31.0 Å². The van der Waals surface area contributed by atoms with Gasteiger partial charge in [0.2, 0.25) is 5.89 Å².